The zero-order valence-corrected chi connectivity index (χ0v) is 7.04. The minimum atomic E-state index is -0.0107. The Hall–Kier alpha value is -0.800. The van der Waals surface area contributed by atoms with Crippen LogP contribution in [0.4, 0.5) is 0 Å². The van der Waals surface area contributed by atoms with Crippen LogP contribution in [-0.2, 0) is 6.61 Å². The van der Waals surface area contributed by atoms with Crippen LogP contribution in [0.15, 0.2) is 18.3 Å². The van der Waals surface area contributed by atoms with Crippen LogP contribution >= 0.6 is 0 Å². The summed E-state index contributed by atoms with van der Waals surface area (Å²) in [5.41, 5.74) is 1.76. The summed E-state index contributed by atoms with van der Waals surface area (Å²) < 4.78 is 1.43. The fraction of sp³-hybridized carbons (Fsp3) is 0.286. The third-order valence-electron chi connectivity index (χ3n) is 1.51. The Morgan fingerprint density at radius 2 is 2.27 bits per heavy atom. The van der Waals surface area contributed by atoms with E-state index in [-0.39, 0.29) is 19.0 Å². The monoisotopic (exact) mass is 174 g/mol. The average Bonchev–Trinajstić information content (AvgIpc) is 1.88. The number of halogens is 1. The van der Waals surface area contributed by atoms with Crippen molar-refractivity contribution < 1.29 is 22.2 Å². The fourth-order valence-electron chi connectivity index (χ4n) is 0.876. The highest BCUT2D eigenvalue weighted by Gasteiger charge is 2.07. The van der Waals surface area contributed by atoms with Crippen molar-refractivity contribution in [2.24, 2.45) is 0 Å². The minimum Gasteiger partial charge on any atom is -1.00 e. The zero-order chi connectivity index (χ0) is 7.56. The number of nitrogens with two attached hydrogens (primary N) is 1. The normalized spacial score (nSPS) is 8.91. The molecule has 0 bridgehead atoms. The van der Waals surface area contributed by atoms with Gasteiger partial charge < -0.3 is 17.5 Å². The molecule has 0 aliphatic carbocycles. The summed E-state index contributed by atoms with van der Waals surface area (Å²) in [6.45, 7) is 1.90. The number of hydrogen-bond donors (Lipinski definition) is 2. The molecule has 0 unspecified atom stereocenters. The maximum Gasteiger partial charge on any atom is 0.239 e. The van der Waals surface area contributed by atoms with Crippen molar-refractivity contribution in [2.75, 3.05) is 5.84 Å². The van der Waals surface area contributed by atoms with Crippen LogP contribution in [0.2, 0.25) is 0 Å². The zero-order valence-electron chi connectivity index (χ0n) is 6.29. The molecule has 0 atom stereocenters. The van der Waals surface area contributed by atoms with Crippen LogP contribution in [0.5, 0.6) is 0 Å². The Morgan fingerprint density at radius 3 is 2.64 bits per heavy atom. The third kappa shape index (κ3) is 2.06. The maximum atomic E-state index is 8.80. The Bertz CT molecular complexity index is 220. The van der Waals surface area contributed by atoms with Crippen LogP contribution in [0.3, 0.4) is 0 Å². The standard InChI is InChI=1S/C7H11N2O.ClH/c1-6-3-2-4-9(8)7(6)5-10;/h2-4,10H,5,8H2,1H3;1H/q+1;/p-1. The number of aryl methyl sites for hydroxylation is 1. The second-order valence-corrected chi connectivity index (χ2v) is 2.20. The van der Waals surface area contributed by atoms with Gasteiger partial charge in [0.15, 0.2) is 6.20 Å². The first kappa shape index (κ1) is 10.2. The summed E-state index contributed by atoms with van der Waals surface area (Å²) in [5.74, 6) is 5.49. The number of aliphatic hydroxyl groups is 1. The first-order valence-corrected chi connectivity index (χ1v) is 3.12. The van der Waals surface area contributed by atoms with Crippen LogP contribution in [0, 0.1) is 6.92 Å². The Morgan fingerprint density at radius 1 is 1.64 bits per heavy atom. The summed E-state index contributed by atoms with van der Waals surface area (Å²) in [7, 11) is 0. The van der Waals surface area contributed by atoms with Crippen molar-refractivity contribution in [3.05, 3.63) is 29.6 Å². The molecule has 62 valence electrons. The van der Waals surface area contributed by atoms with E-state index in [1.807, 2.05) is 19.1 Å². The van der Waals surface area contributed by atoms with Crippen molar-refractivity contribution >= 4 is 0 Å². The SMILES string of the molecule is Cc1ccc[n+](N)c1CO.[Cl-]. The molecular formula is C7H11ClN2O. The summed E-state index contributed by atoms with van der Waals surface area (Å²) in [6, 6.07) is 3.75. The third-order valence-corrected chi connectivity index (χ3v) is 1.51. The van der Waals surface area contributed by atoms with Gasteiger partial charge in [0.05, 0.1) is 0 Å². The van der Waals surface area contributed by atoms with E-state index >= 15 is 0 Å². The number of aromatic nitrogens is 1. The van der Waals surface area contributed by atoms with E-state index in [4.69, 9.17) is 10.9 Å². The molecule has 0 aliphatic rings. The number of rotatable bonds is 1. The molecule has 0 radical (unpaired) electrons. The maximum absolute atomic E-state index is 8.80. The Balaban J connectivity index is 0.000001000. The largest absolute Gasteiger partial charge is 1.00 e. The van der Waals surface area contributed by atoms with E-state index in [0.717, 1.165) is 11.3 Å². The molecule has 1 rings (SSSR count). The van der Waals surface area contributed by atoms with Gasteiger partial charge in [-0.2, -0.15) is 0 Å². The Kier molecular flexibility index (Phi) is 3.85. The highest BCUT2D eigenvalue weighted by molar-refractivity contribution is 5.11. The molecule has 0 saturated carbocycles. The number of nitrogens with zero attached hydrogens (tertiary/aromatic N) is 1. The smallest absolute Gasteiger partial charge is 0.239 e. The molecule has 0 spiro atoms. The number of hydrogen-bond acceptors (Lipinski definition) is 2. The van der Waals surface area contributed by atoms with Gasteiger partial charge in [-0.15, -0.1) is 0 Å². The summed E-state index contributed by atoms with van der Waals surface area (Å²) >= 11 is 0. The van der Waals surface area contributed by atoms with Crippen LogP contribution in [0.25, 0.3) is 0 Å². The topological polar surface area (TPSA) is 50.1 Å². The van der Waals surface area contributed by atoms with E-state index in [2.05, 4.69) is 0 Å². The first-order valence-electron chi connectivity index (χ1n) is 3.12. The molecule has 1 aromatic rings. The van der Waals surface area contributed by atoms with Gasteiger partial charge in [-0.25, -0.2) is 5.84 Å². The van der Waals surface area contributed by atoms with E-state index in [9.17, 15) is 0 Å². The van der Waals surface area contributed by atoms with Gasteiger partial charge in [-0.1, -0.05) is 4.68 Å². The van der Waals surface area contributed by atoms with Gasteiger partial charge in [0.25, 0.3) is 0 Å². The van der Waals surface area contributed by atoms with Gasteiger partial charge in [-0.3, -0.25) is 0 Å². The van der Waals surface area contributed by atoms with E-state index < -0.39 is 0 Å². The van der Waals surface area contributed by atoms with E-state index in [0.29, 0.717) is 0 Å². The van der Waals surface area contributed by atoms with Crippen molar-refractivity contribution in [3.8, 4) is 0 Å². The highest BCUT2D eigenvalue weighted by atomic mass is 35.5. The highest BCUT2D eigenvalue weighted by Crippen LogP contribution is 1.98. The molecule has 11 heavy (non-hydrogen) atoms. The van der Waals surface area contributed by atoms with Crippen molar-refractivity contribution in [1.29, 1.82) is 0 Å². The molecule has 3 N–H and O–H groups in total. The second kappa shape index (κ2) is 4.16. The number of pyridine rings is 1. The predicted molar refractivity (Wildman–Crippen MR) is 37.4 cm³/mol. The second-order valence-electron chi connectivity index (χ2n) is 2.20. The van der Waals surface area contributed by atoms with Crippen LogP contribution in [-0.4, -0.2) is 5.11 Å². The van der Waals surface area contributed by atoms with Crippen molar-refractivity contribution in [3.63, 3.8) is 0 Å². The molecule has 3 nitrogen and oxygen atoms in total. The van der Waals surface area contributed by atoms with Gasteiger partial charge in [0, 0.05) is 11.6 Å². The van der Waals surface area contributed by atoms with Crippen molar-refractivity contribution in [1.82, 2.24) is 0 Å². The lowest BCUT2D eigenvalue weighted by Gasteiger charge is -1.96. The van der Waals surface area contributed by atoms with Gasteiger partial charge in [-0.05, 0) is 13.0 Å². The Labute approximate surface area is 71.8 Å². The molecule has 0 aliphatic heterocycles. The molecule has 0 aromatic carbocycles. The fourth-order valence-corrected chi connectivity index (χ4v) is 0.876. The van der Waals surface area contributed by atoms with Crippen molar-refractivity contribution in [2.45, 2.75) is 13.5 Å². The van der Waals surface area contributed by atoms with Crippen LogP contribution < -0.4 is 22.9 Å². The van der Waals surface area contributed by atoms with E-state index in [1.54, 1.807) is 6.20 Å². The summed E-state index contributed by atoms with van der Waals surface area (Å²) in [4.78, 5) is 0. The molecule has 4 heteroatoms. The minimum absolute atomic E-state index is 0. The predicted octanol–water partition coefficient (Wildman–Crippen LogP) is -3.51. The molecule has 1 aromatic heterocycles. The van der Waals surface area contributed by atoms with Gasteiger partial charge in [0.2, 0.25) is 5.69 Å². The lowest BCUT2D eigenvalue weighted by molar-refractivity contribution is -0.649. The summed E-state index contributed by atoms with van der Waals surface area (Å²) in [6.07, 6.45) is 1.71. The van der Waals surface area contributed by atoms with Gasteiger partial charge >= 0.3 is 0 Å². The average molecular weight is 175 g/mol. The quantitative estimate of drug-likeness (QED) is 0.343. The number of nitrogen functional groups attached to an aromatic ring is 1. The molecule has 0 saturated heterocycles. The molecule has 1 heterocycles. The summed E-state index contributed by atoms with van der Waals surface area (Å²) in [5, 5.41) is 8.80. The number of aliphatic hydroxyl groups excluding tert-OH is 1. The van der Waals surface area contributed by atoms with E-state index in [1.165, 1.54) is 4.68 Å². The van der Waals surface area contributed by atoms with Gasteiger partial charge in [0.1, 0.15) is 6.61 Å². The molecule has 0 fully saturated rings. The lowest BCUT2D eigenvalue weighted by atomic mass is 10.2. The molecule has 0 amide bonds. The van der Waals surface area contributed by atoms with Crippen LogP contribution in [0.1, 0.15) is 11.3 Å². The first-order chi connectivity index (χ1) is 4.75. The molecular weight excluding hydrogens is 164 g/mol. The lowest BCUT2D eigenvalue weighted by Crippen LogP contribution is -3.00.